The lowest BCUT2D eigenvalue weighted by molar-refractivity contribution is 0.166. The molecule has 0 unspecified atom stereocenters. The molecule has 3 rings (SSSR count). The van der Waals surface area contributed by atoms with E-state index >= 15 is 0 Å². The molecule has 0 N–H and O–H groups in total. The van der Waals surface area contributed by atoms with E-state index in [0.717, 1.165) is 18.4 Å². The van der Waals surface area contributed by atoms with Gasteiger partial charge in [0.15, 0.2) is 11.5 Å². The smallest absolute Gasteiger partial charge is 0.235 e. The zero-order valence-electron chi connectivity index (χ0n) is 11.5. The molecule has 4 nitrogen and oxygen atoms in total. The van der Waals surface area contributed by atoms with Crippen LogP contribution in [-0.4, -0.2) is 19.3 Å². The first-order valence-electron chi connectivity index (χ1n) is 6.69. The van der Waals surface area contributed by atoms with Gasteiger partial charge in [0.05, 0.1) is 0 Å². The van der Waals surface area contributed by atoms with Crippen molar-refractivity contribution in [3.05, 3.63) is 23.3 Å². The number of halogens is 1. The van der Waals surface area contributed by atoms with Crippen LogP contribution in [0.1, 0.15) is 37.8 Å². The maximum absolute atomic E-state index is 14.3. The van der Waals surface area contributed by atoms with Crippen molar-refractivity contribution in [2.24, 2.45) is 4.99 Å². The van der Waals surface area contributed by atoms with Crippen molar-refractivity contribution >= 4 is 6.08 Å². The summed E-state index contributed by atoms with van der Waals surface area (Å²) in [5.74, 6) is 1.11. The second-order valence-electron chi connectivity index (χ2n) is 5.76. The number of fused-ring (bicyclic) bond motifs is 1. The molecule has 0 bridgehead atoms. The van der Waals surface area contributed by atoms with E-state index < -0.39 is 11.2 Å². The predicted molar refractivity (Wildman–Crippen MR) is 70.6 cm³/mol. The highest BCUT2D eigenvalue weighted by atomic mass is 19.1. The zero-order chi connectivity index (χ0) is 14.4. The van der Waals surface area contributed by atoms with Crippen molar-refractivity contribution in [3.63, 3.8) is 0 Å². The molecule has 0 atom stereocenters. The second kappa shape index (κ2) is 4.32. The van der Waals surface area contributed by atoms with Crippen LogP contribution in [0.3, 0.4) is 0 Å². The Morgan fingerprint density at radius 2 is 2.00 bits per heavy atom. The molecule has 106 valence electrons. The molecule has 1 aliphatic heterocycles. The van der Waals surface area contributed by atoms with Gasteiger partial charge in [0.25, 0.3) is 0 Å². The van der Waals surface area contributed by atoms with E-state index in [2.05, 4.69) is 4.99 Å². The van der Waals surface area contributed by atoms with Crippen LogP contribution in [-0.2, 0) is 16.0 Å². The Hall–Kier alpha value is -1.87. The molecule has 1 aromatic rings. The lowest BCUT2D eigenvalue weighted by Gasteiger charge is -2.26. The Kier molecular flexibility index (Phi) is 2.83. The predicted octanol–water partition coefficient (Wildman–Crippen LogP) is 2.99. The molecule has 1 aromatic carbocycles. The highest BCUT2D eigenvalue weighted by Gasteiger charge is 2.48. The number of aliphatic imine (C=N–C) groups is 1. The van der Waals surface area contributed by atoms with Gasteiger partial charge in [-0.2, -0.15) is 4.99 Å². The Balaban J connectivity index is 2.19. The van der Waals surface area contributed by atoms with Crippen LogP contribution >= 0.6 is 0 Å². The summed E-state index contributed by atoms with van der Waals surface area (Å²) in [6.07, 6.45) is 3.11. The van der Waals surface area contributed by atoms with Gasteiger partial charge in [0, 0.05) is 5.56 Å². The molecule has 1 saturated carbocycles. The third kappa shape index (κ3) is 2.08. The summed E-state index contributed by atoms with van der Waals surface area (Å²) in [6, 6.07) is 3.40. The van der Waals surface area contributed by atoms with Crippen LogP contribution < -0.4 is 9.47 Å². The molecule has 1 fully saturated rings. The van der Waals surface area contributed by atoms with Crippen molar-refractivity contribution in [1.29, 1.82) is 0 Å². The fourth-order valence-corrected chi connectivity index (χ4v) is 2.49. The third-order valence-electron chi connectivity index (χ3n) is 3.81. The third-order valence-corrected chi connectivity index (χ3v) is 3.81. The highest BCUT2D eigenvalue weighted by molar-refractivity contribution is 5.57. The van der Waals surface area contributed by atoms with Crippen molar-refractivity contribution in [2.45, 2.75) is 37.9 Å². The average molecular weight is 277 g/mol. The van der Waals surface area contributed by atoms with E-state index in [1.165, 1.54) is 13.8 Å². The number of ether oxygens (including phenoxy) is 2. The first-order chi connectivity index (χ1) is 9.46. The minimum atomic E-state index is -1.49. The summed E-state index contributed by atoms with van der Waals surface area (Å²) in [4.78, 5) is 14.6. The van der Waals surface area contributed by atoms with Gasteiger partial charge in [-0.3, -0.25) is 0 Å². The van der Waals surface area contributed by atoms with E-state index in [1.54, 1.807) is 18.2 Å². The molecule has 0 aromatic heterocycles. The first kappa shape index (κ1) is 13.1. The first-order valence-corrected chi connectivity index (χ1v) is 6.69. The van der Waals surface area contributed by atoms with Crippen molar-refractivity contribution in [3.8, 4) is 11.5 Å². The number of benzene rings is 1. The van der Waals surface area contributed by atoms with Gasteiger partial charge in [0.1, 0.15) is 24.4 Å². The second-order valence-corrected chi connectivity index (χ2v) is 5.76. The monoisotopic (exact) mass is 277 g/mol. The van der Waals surface area contributed by atoms with Gasteiger partial charge in [-0.15, -0.1) is 0 Å². The van der Waals surface area contributed by atoms with Crippen molar-refractivity contribution in [1.82, 2.24) is 0 Å². The number of nitrogens with zero attached hydrogens (tertiary/aromatic N) is 1. The van der Waals surface area contributed by atoms with E-state index in [1.807, 2.05) is 0 Å². The molecule has 1 heterocycles. The summed E-state index contributed by atoms with van der Waals surface area (Å²) >= 11 is 0. The Morgan fingerprint density at radius 3 is 2.60 bits per heavy atom. The highest BCUT2D eigenvalue weighted by Crippen LogP contribution is 2.55. The van der Waals surface area contributed by atoms with Crippen LogP contribution in [0, 0.1) is 0 Å². The minimum absolute atomic E-state index is 0.437. The zero-order valence-corrected chi connectivity index (χ0v) is 11.5. The molecular weight excluding hydrogens is 261 g/mol. The Morgan fingerprint density at radius 1 is 1.30 bits per heavy atom. The summed E-state index contributed by atoms with van der Waals surface area (Å²) in [5.41, 5.74) is -0.859. The van der Waals surface area contributed by atoms with Gasteiger partial charge in [0.2, 0.25) is 6.08 Å². The molecule has 5 heteroatoms. The van der Waals surface area contributed by atoms with Gasteiger partial charge in [-0.1, -0.05) is 0 Å². The van der Waals surface area contributed by atoms with E-state index in [9.17, 15) is 9.18 Å². The number of carbonyl (C=O) groups excluding carboxylic acids is 1. The molecule has 0 radical (unpaired) electrons. The number of hydrogen-bond donors (Lipinski definition) is 0. The van der Waals surface area contributed by atoms with Crippen LogP contribution in [0.5, 0.6) is 11.5 Å². The van der Waals surface area contributed by atoms with Gasteiger partial charge in [-0.25, -0.2) is 9.18 Å². The quantitative estimate of drug-likeness (QED) is 0.630. The van der Waals surface area contributed by atoms with Crippen molar-refractivity contribution in [2.75, 3.05) is 13.2 Å². The van der Waals surface area contributed by atoms with Gasteiger partial charge in [-0.05, 0) is 44.4 Å². The fourth-order valence-electron chi connectivity index (χ4n) is 2.49. The molecule has 20 heavy (non-hydrogen) atoms. The molecular formula is C15H16FNO3. The van der Waals surface area contributed by atoms with Crippen molar-refractivity contribution < 1.29 is 18.7 Å². The minimum Gasteiger partial charge on any atom is -0.486 e. The van der Waals surface area contributed by atoms with Crippen LogP contribution in [0.15, 0.2) is 17.1 Å². The number of isocyanates is 1. The molecule has 2 aliphatic rings. The van der Waals surface area contributed by atoms with Crippen LogP contribution in [0.25, 0.3) is 0 Å². The van der Waals surface area contributed by atoms with Crippen LogP contribution in [0.4, 0.5) is 4.39 Å². The number of alkyl halides is 1. The van der Waals surface area contributed by atoms with E-state index in [4.69, 9.17) is 9.47 Å². The summed E-state index contributed by atoms with van der Waals surface area (Å²) in [5, 5.41) is 0. The maximum Gasteiger partial charge on any atom is 0.235 e. The lowest BCUT2D eigenvalue weighted by Crippen LogP contribution is -2.20. The Labute approximate surface area is 116 Å². The van der Waals surface area contributed by atoms with Gasteiger partial charge >= 0.3 is 0 Å². The molecule has 0 spiro atoms. The number of rotatable bonds is 3. The van der Waals surface area contributed by atoms with E-state index in [0.29, 0.717) is 30.3 Å². The SMILES string of the molecule is CC(C)(F)c1cc2c(c(C3(N=C=O)CC3)c1)OCCO2. The molecule has 0 amide bonds. The van der Waals surface area contributed by atoms with E-state index in [-0.39, 0.29) is 0 Å². The van der Waals surface area contributed by atoms with Crippen LogP contribution in [0.2, 0.25) is 0 Å². The average Bonchev–Trinajstić information content (AvgIpc) is 3.17. The maximum atomic E-state index is 14.3. The summed E-state index contributed by atoms with van der Waals surface area (Å²) in [6.45, 7) is 3.86. The Bertz CT molecular complexity index is 596. The fraction of sp³-hybridized carbons (Fsp3) is 0.533. The molecule has 1 aliphatic carbocycles. The number of hydrogen-bond acceptors (Lipinski definition) is 4. The standard InChI is InChI=1S/C15H16FNO3/c1-14(2,16)10-7-11(15(3-4-15)17-9-18)13-12(8-10)19-5-6-20-13/h7-8H,3-6H2,1-2H3. The topological polar surface area (TPSA) is 47.9 Å². The van der Waals surface area contributed by atoms with Gasteiger partial charge < -0.3 is 9.47 Å². The molecule has 0 saturated heterocycles. The lowest BCUT2D eigenvalue weighted by atomic mass is 9.93. The normalized spacial score (nSPS) is 19.1. The summed E-state index contributed by atoms with van der Waals surface area (Å²) in [7, 11) is 0. The largest absolute Gasteiger partial charge is 0.486 e. The summed E-state index contributed by atoms with van der Waals surface area (Å²) < 4.78 is 25.5.